The summed E-state index contributed by atoms with van der Waals surface area (Å²) in [6.45, 7) is 3.13. The number of allylic oxidation sites excluding steroid dienone is 21. The summed E-state index contributed by atoms with van der Waals surface area (Å²) in [4.78, 5) is 47.8. The Bertz CT molecular complexity index is 1430. The van der Waals surface area contributed by atoms with Gasteiger partial charge in [0.05, 0.1) is 13.2 Å². The summed E-state index contributed by atoms with van der Waals surface area (Å²) in [5.74, 6) is -2.70. The lowest BCUT2D eigenvalue weighted by molar-refractivity contribution is -0.147. The number of nitrogens with one attached hydrogen (secondary N) is 2. The molecule has 0 spiro atoms. The third-order valence-corrected chi connectivity index (χ3v) is 8.14. The zero-order chi connectivity index (χ0) is 42.6. The average Bonchev–Trinajstić information content (AvgIpc) is 3.21. The molecule has 0 aliphatic heterocycles. The lowest BCUT2D eigenvalue weighted by atomic mass is 10.1. The molecule has 0 aliphatic carbocycles. The van der Waals surface area contributed by atoms with Gasteiger partial charge in [0.2, 0.25) is 11.8 Å². The fraction of sp³-hybridized carbons (Fsp3) is 0.469. The Labute approximate surface area is 349 Å². The Kier molecular flexibility index (Phi) is 38.0. The van der Waals surface area contributed by atoms with Crippen molar-refractivity contribution < 1.29 is 34.1 Å². The molecule has 4 N–H and O–H groups in total. The van der Waals surface area contributed by atoms with E-state index in [1.165, 1.54) is 0 Å². The number of carbonyl (C=O) groups excluding carboxylic acids is 3. The van der Waals surface area contributed by atoms with Gasteiger partial charge in [-0.1, -0.05) is 141 Å². The highest BCUT2D eigenvalue weighted by Gasteiger charge is 2.19. The van der Waals surface area contributed by atoms with E-state index in [-0.39, 0.29) is 31.3 Å². The number of aliphatic carboxylic acids is 1. The number of carboxylic acid groups (broad SMARTS) is 1. The summed E-state index contributed by atoms with van der Waals surface area (Å²) < 4.78 is 5.79. The number of aliphatic hydroxyl groups is 1. The van der Waals surface area contributed by atoms with Crippen molar-refractivity contribution in [1.82, 2.24) is 10.6 Å². The number of carbonyl (C=O) groups is 4. The van der Waals surface area contributed by atoms with E-state index in [2.05, 4.69) is 140 Å². The largest absolute Gasteiger partial charge is 0.480 e. The number of aliphatic hydroxyl groups excluding tert-OH is 1. The highest BCUT2D eigenvalue weighted by Crippen LogP contribution is 2.12. The molecule has 0 radical (unpaired) electrons. The van der Waals surface area contributed by atoms with E-state index < -0.39 is 30.6 Å². The van der Waals surface area contributed by atoms with Crippen LogP contribution < -0.4 is 10.6 Å². The predicted molar refractivity (Wildman–Crippen MR) is 240 cm³/mol. The van der Waals surface area contributed by atoms with Crippen molar-refractivity contribution in [2.45, 2.75) is 135 Å². The maximum atomic E-state index is 12.7. The van der Waals surface area contributed by atoms with E-state index in [1.54, 1.807) is 0 Å². The van der Waals surface area contributed by atoms with Crippen molar-refractivity contribution >= 4 is 23.8 Å². The molecule has 58 heavy (non-hydrogen) atoms. The first kappa shape index (κ1) is 53.0. The quantitative estimate of drug-likeness (QED) is 0.0284. The number of rotatable bonds is 35. The lowest BCUT2D eigenvalue weighted by Crippen LogP contribution is -2.47. The summed E-state index contributed by atoms with van der Waals surface area (Å²) in [6, 6.07) is -1.43. The molecule has 0 aromatic rings. The molecular formula is C49H72N2O7. The second-order valence-corrected chi connectivity index (χ2v) is 13.3. The van der Waals surface area contributed by atoms with Crippen LogP contribution in [0, 0.1) is 0 Å². The van der Waals surface area contributed by atoms with E-state index in [4.69, 9.17) is 14.9 Å². The van der Waals surface area contributed by atoms with Crippen LogP contribution in [-0.4, -0.2) is 59.3 Å². The van der Waals surface area contributed by atoms with Gasteiger partial charge in [-0.2, -0.15) is 0 Å². The molecule has 9 heteroatoms. The van der Waals surface area contributed by atoms with Gasteiger partial charge in [0.1, 0.15) is 12.1 Å². The van der Waals surface area contributed by atoms with E-state index in [0.29, 0.717) is 32.1 Å². The van der Waals surface area contributed by atoms with Gasteiger partial charge in [-0.3, -0.25) is 14.4 Å². The minimum atomic E-state index is -1.43. The van der Waals surface area contributed by atoms with Gasteiger partial charge in [0, 0.05) is 12.8 Å². The van der Waals surface area contributed by atoms with Crippen molar-refractivity contribution in [2.24, 2.45) is 0 Å². The Morgan fingerprint density at radius 1 is 0.534 bits per heavy atom. The van der Waals surface area contributed by atoms with Crippen LogP contribution >= 0.6 is 0 Å². The van der Waals surface area contributed by atoms with Gasteiger partial charge < -0.3 is 25.6 Å². The molecule has 0 aromatic carbocycles. The highest BCUT2D eigenvalue weighted by molar-refractivity contribution is 5.87. The smallest absolute Gasteiger partial charge is 0.328 e. The molecular weight excluding hydrogens is 729 g/mol. The minimum Gasteiger partial charge on any atom is -0.480 e. The molecule has 9 nitrogen and oxygen atoms in total. The molecule has 0 saturated carbocycles. The van der Waals surface area contributed by atoms with Crippen molar-refractivity contribution in [3.63, 3.8) is 0 Å². The summed E-state index contributed by atoms with van der Waals surface area (Å²) in [7, 11) is 0. The lowest BCUT2D eigenvalue weighted by Gasteiger charge is -2.14. The second-order valence-electron chi connectivity index (χ2n) is 13.3. The number of amides is 2. The highest BCUT2D eigenvalue weighted by atomic mass is 16.5. The Morgan fingerprint density at radius 2 is 0.948 bits per heavy atom. The fourth-order valence-corrected chi connectivity index (χ4v) is 4.98. The summed E-state index contributed by atoms with van der Waals surface area (Å²) in [6.07, 6.45) is 59.2. The van der Waals surface area contributed by atoms with Crippen molar-refractivity contribution in [3.05, 3.63) is 134 Å². The van der Waals surface area contributed by atoms with Crippen LogP contribution in [0.5, 0.6) is 0 Å². The minimum absolute atomic E-state index is 0.157. The molecule has 0 aromatic heterocycles. The molecule has 2 unspecified atom stereocenters. The standard InChI is InChI=1S/C49H72N2O7/c1-3-5-7-9-11-13-15-17-19-20-21-22-23-25-27-29-31-33-35-41-48(55)58-44(38-34-32-30-28-26-24-18-16-14-12-10-8-6-4-2)39-36-37-40-46(53)50-42-47(54)51-45(43-52)49(56)57/h5-8,11-14,17-19,21-22,24-25,27-28,30-31,33-34,38,44-45,52H,3-4,9-10,15-16,20,23,26,29,32,35-37,39-43H2,1-2H3,(H,50,53)(H,51,54)(H,56,57)/b7-5-,8-6-,13-11-,14-12-,19-17-,22-21-,24-18-,27-25-,30-28-,33-31-,38-34-. The fourth-order valence-electron chi connectivity index (χ4n) is 4.98. The molecule has 0 heterocycles. The average molecular weight is 801 g/mol. The number of ether oxygens (including phenoxy) is 1. The molecule has 0 saturated heterocycles. The van der Waals surface area contributed by atoms with Gasteiger partial charge >= 0.3 is 11.9 Å². The first-order valence-electron chi connectivity index (χ1n) is 21.1. The van der Waals surface area contributed by atoms with Crippen LogP contribution in [0.1, 0.15) is 123 Å². The Morgan fingerprint density at radius 3 is 1.36 bits per heavy atom. The van der Waals surface area contributed by atoms with Gasteiger partial charge in [-0.15, -0.1) is 0 Å². The zero-order valence-corrected chi connectivity index (χ0v) is 35.2. The van der Waals surface area contributed by atoms with Crippen LogP contribution in [-0.2, 0) is 23.9 Å². The van der Waals surface area contributed by atoms with Crippen LogP contribution in [0.4, 0.5) is 0 Å². The van der Waals surface area contributed by atoms with Crippen LogP contribution in [0.2, 0.25) is 0 Å². The van der Waals surface area contributed by atoms with Crippen molar-refractivity contribution in [3.8, 4) is 0 Å². The van der Waals surface area contributed by atoms with E-state index in [1.807, 2.05) is 18.2 Å². The van der Waals surface area contributed by atoms with Crippen molar-refractivity contribution in [1.29, 1.82) is 0 Å². The van der Waals surface area contributed by atoms with Crippen LogP contribution in [0.25, 0.3) is 0 Å². The van der Waals surface area contributed by atoms with Gasteiger partial charge in [0.15, 0.2) is 0 Å². The Balaban J connectivity index is 4.71. The summed E-state index contributed by atoms with van der Waals surface area (Å²) in [5, 5.41) is 22.6. The van der Waals surface area contributed by atoms with Crippen LogP contribution in [0.3, 0.4) is 0 Å². The molecule has 320 valence electrons. The number of hydrogen-bond donors (Lipinski definition) is 4. The number of carboxylic acids is 1. The molecule has 2 amide bonds. The maximum Gasteiger partial charge on any atom is 0.328 e. The molecule has 0 fully saturated rings. The SMILES string of the molecule is CC/C=C\C/C=C\C/C=C\C/C=C\C/C=C\C/C=C\CCC(=O)OC(/C=C\C/C=C\C/C=C\C/C=C\C/C=C\CC)CCCCC(=O)NCC(=O)NC(CO)C(=O)O. The predicted octanol–water partition coefficient (Wildman–Crippen LogP) is 10.4. The molecule has 0 rings (SSSR count). The second kappa shape index (κ2) is 41.6. The third kappa shape index (κ3) is 37.9. The topological polar surface area (TPSA) is 142 Å². The van der Waals surface area contributed by atoms with E-state index >= 15 is 0 Å². The van der Waals surface area contributed by atoms with Gasteiger partial charge in [-0.05, 0) is 102 Å². The normalized spacial score (nSPS) is 13.8. The summed E-state index contributed by atoms with van der Waals surface area (Å²) in [5.41, 5.74) is 0. The molecule has 0 aliphatic rings. The summed E-state index contributed by atoms with van der Waals surface area (Å²) >= 11 is 0. The number of unbranched alkanes of at least 4 members (excludes halogenated alkanes) is 1. The van der Waals surface area contributed by atoms with E-state index in [9.17, 15) is 19.2 Å². The number of esters is 1. The molecule has 2 atom stereocenters. The maximum absolute atomic E-state index is 12.7. The first-order valence-corrected chi connectivity index (χ1v) is 21.1. The number of hydrogen-bond acceptors (Lipinski definition) is 6. The third-order valence-electron chi connectivity index (χ3n) is 8.14. The van der Waals surface area contributed by atoms with Crippen LogP contribution in [0.15, 0.2) is 134 Å². The van der Waals surface area contributed by atoms with Gasteiger partial charge in [0.25, 0.3) is 0 Å². The monoisotopic (exact) mass is 801 g/mol. The Hall–Kier alpha value is -5.02. The first-order chi connectivity index (χ1) is 28.3. The van der Waals surface area contributed by atoms with E-state index in [0.717, 1.165) is 64.2 Å². The van der Waals surface area contributed by atoms with Gasteiger partial charge in [-0.25, -0.2) is 4.79 Å². The molecule has 0 bridgehead atoms. The van der Waals surface area contributed by atoms with Crippen molar-refractivity contribution in [2.75, 3.05) is 13.2 Å². The zero-order valence-electron chi connectivity index (χ0n) is 35.2.